The van der Waals surface area contributed by atoms with E-state index >= 15 is 0 Å². The second kappa shape index (κ2) is 7.89. The lowest BCUT2D eigenvalue weighted by Gasteiger charge is -2.20. The van der Waals surface area contributed by atoms with Crippen LogP contribution in [0.5, 0.6) is 0 Å². The summed E-state index contributed by atoms with van der Waals surface area (Å²) >= 11 is 3.45. The van der Waals surface area contributed by atoms with Gasteiger partial charge in [-0.2, -0.15) is 0 Å². The molecule has 3 nitrogen and oxygen atoms in total. The van der Waals surface area contributed by atoms with Crippen molar-refractivity contribution in [3.63, 3.8) is 0 Å². The summed E-state index contributed by atoms with van der Waals surface area (Å²) in [6.07, 6.45) is 0.746. The van der Waals surface area contributed by atoms with Crippen molar-refractivity contribution in [2.24, 2.45) is 0 Å². The summed E-state index contributed by atoms with van der Waals surface area (Å²) in [5.41, 5.74) is 0.932. The molecule has 0 fully saturated rings. The lowest BCUT2D eigenvalue weighted by Crippen LogP contribution is -2.24. The summed E-state index contributed by atoms with van der Waals surface area (Å²) in [7, 11) is 2.01. The topological polar surface area (TPSA) is 43.7 Å². The largest absolute Gasteiger partial charge is 0.393 e. The van der Waals surface area contributed by atoms with Crippen LogP contribution in [-0.2, 0) is 0 Å². The van der Waals surface area contributed by atoms with Crippen LogP contribution in [0.4, 0.5) is 0 Å². The molecule has 0 aliphatic heterocycles. The lowest BCUT2D eigenvalue weighted by molar-refractivity contribution is 0.135. The number of halogens is 1. The van der Waals surface area contributed by atoms with Gasteiger partial charge < -0.3 is 15.1 Å². The fourth-order valence-corrected chi connectivity index (χ4v) is 2.31. The van der Waals surface area contributed by atoms with E-state index in [1.54, 1.807) is 6.92 Å². The molecule has 1 aromatic rings. The molecule has 2 N–H and O–H groups in total. The minimum absolute atomic E-state index is 0.263. The minimum Gasteiger partial charge on any atom is -0.393 e. The third-order valence-electron chi connectivity index (χ3n) is 2.98. The Morgan fingerprint density at radius 2 is 1.78 bits per heavy atom. The predicted molar refractivity (Wildman–Crippen MR) is 77.5 cm³/mol. The maximum absolute atomic E-state index is 10.1. The molecule has 4 heteroatoms. The highest BCUT2D eigenvalue weighted by Crippen LogP contribution is 2.25. The van der Waals surface area contributed by atoms with Gasteiger partial charge in [0.05, 0.1) is 12.2 Å². The summed E-state index contributed by atoms with van der Waals surface area (Å²) in [5.74, 6) is 0. The molecule has 0 saturated carbocycles. The Morgan fingerprint density at radius 1 is 1.17 bits per heavy atom. The van der Waals surface area contributed by atoms with Crippen LogP contribution in [0.25, 0.3) is 0 Å². The highest BCUT2D eigenvalue weighted by atomic mass is 79.9. The molecule has 0 spiro atoms. The third kappa shape index (κ3) is 5.48. The quantitative estimate of drug-likeness (QED) is 0.812. The van der Waals surface area contributed by atoms with E-state index < -0.39 is 6.10 Å². The summed E-state index contributed by atoms with van der Waals surface area (Å²) in [6.45, 7) is 3.46. The maximum Gasteiger partial charge on any atom is 0.0813 e. The van der Waals surface area contributed by atoms with Crippen LogP contribution in [0, 0.1) is 0 Å². The van der Waals surface area contributed by atoms with Crippen LogP contribution in [0.2, 0.25) is 0 Å². The van der Waals surface area contributed by atoms with Crippen molar-refractivity contribution in [1.82, 2.24) is 4.90 Å². The van der Waals surface area contributed by atoms with E-state index in [0.717, 1.165) is 29.5 Å². The molecule has 1 rings (SSSR count). The zero-order chi connectivity index (χ0) is 13.5. The number of hydrogen-bond acceptors (Lipinski definition) is 3. The normalized spacial score (nSPS) is 14.8. The van der Waals surface area contributed by atoms with Crippen LogP contribution in [0.15, 0.2) is 28.7 Å². The molecule has 0 radical (unpaired) electrons. The Hall–Kier alpha value is -0.420. The molecule has 0 aliphatic rings. The standard InChI is InChI=1S/C14H22BrNO2/c1-11(17)7-9-16(2)10-8-14(18)12-5-3-4-6-13(12)15/h3-6,11,14,17-18H,7-10H2,1-2H3. The highest BCUT2D eigenvalue weighted by Gasteiger charge is 2.11. The molecule has 0 aliphatic carbocycles. The van der Waals surface area contributed by atoms with Gasteiger partial charge >= 0.3 is 0 Å². The second-order valence-corrected chi connectivity index (χ2v) is 5.62. The van der Waals surface area contributed by atoms with E-state index in [4.69, 9.17) is 0 Å². The number of nitrogens with zero attached hydrogens (tertiary/aromatic N) is 1. The molecule has 18 heavy (non-hydrogen) atoms. The first kappa shape index (κ1) is 15.6. The monoisotopic (exact) mass is 315 g/mol. The van der Waals surface area contributed by atoms with Gasteiger partial charge in [0, 0.05) is 17.6 Å². The summed E-state index contributed by atoms with van der Waals surface area (Å²) in [4.78, 5) is 2.13. The number of aliphatic hydroxyl groups is 2. The lowest BCUT2D eigenvalue weighted by atomic mass is 10.1. The van der Waals surface area contributed by atoms with Gasteiger partial charge in [-0.05, 0) is 38.4 Å². The van der Waals surface area contributed by atoms with E-state index in [2.05, 4.69) is 20.8 Å². The van der Waals surface area contributed by atoms with Crippen molar-refractivity contribution < 1.29 is 10.2 Å². The molecule has 0 saturated heterocycles. The van der Waals surface area contributed by atoms with Gasteiger partial charge in [0.25, 0.3) is 0 Å². The average Bonchev–Trinajstić information content (AvgIpc) is 2.34. The van der Waals surface area contributed by atoms with Gasteiger partial charge in [-0.15, -0.1) is 0 Å². The third-order valence-corrected chi connectivity index (χ3v) is 3.70. The zero-order valence-electron chi connectivity index (χ0n) is 11.0. The minimum atomic E-state index is -0.449. The first-order chi connectivity index (χ1) is 8.50. The van der Waals surface area contributed by atoms with E-state index in [-0.39, 0.29) is 6.10 Å². The molecule has 0 aromatic heterocycles. The van der Waals surface area contributed by atoms with E-state index in [0.29, 0.717) is 6.42 Å². The fraction of sp³-hybridized carbons (Fsp3) is 0.571. The van der Waals surface area contributed by atoms with E-state index in [9.17, 15) is 10.2 Å². The van der Waals surface area contributed by atoms with Crippen LogP contribution >= 0.6 is 15.9 Å². The molecule has 0 heterocycles. The SMILES string of the molecule is CC(O)CCN(C)CCC(O)c1ccccc1Br. The Kier molecular flexibility index (Phi) is 6.86. The number of rotatable bonds is 7. The Balaban J connectivity index is 2.37. The van der Waals surface area contributed by atoms with Gasteiger partial charge in [-0.25, -0.2) is 0 Å². The van der Waals surface area contributed by atoms with Gasteiger partial charge in [-0.3, -0.25) is 0 Å². The van der Waals surface area contributed by atoms with Crippen molar-refractivity contribution in [2.75, 3.05) is 20.1 Å². The Bertz CT molecular complexity index is 357. The van der Waals surface area contributed by atoms with Gasteiger partial charge in [0.1, 0.15) is 0 Å². The highest BCUT2D eigenvalue weighted by molar-refractivity contribution is 9.10. The molecule has 0 bridgehead atoms. The number of benzene rings is 1. The van der Waals surface area contributed by atoms with E-state index in [1.807, 2.05) is 31.3 Å². The summed E-state index contributed by atoms with van der Waals surface area (Å²) in [6, 6.07) is 7.75. The number of aliphatic hydroxyl groups excluding tert-OH is 2. The second-order valence-electron chi connectivity index (χ2n) is 4.77. The average molecular weight is 316 g/mol. The molecule has 2 unspecified atom stereocenters. The van der Waals surface area contributed by atoms with Crippen molar-refractivity contribution in [3.05, 3.63) is 34.3 Å². The smallest absolute Gasteiger partial charge is 0.0813 e. The summed E-state index contributed by atoms with van der Waals surface area (Å²) in [5, 5.41) is 19.3. The van der Waals surface area contributed by atoms with Crippen molar-refractivity contribution in [1.29, 1.82) is 0 Å². The molecule has 1 aromatic carbocycles. The van der Waals surface area contributed by atoms with Crippen LogP contribution in [-0.4, -0.2) is 41.4 Å². The molecule has 0 amide bonds. The van der Waals surface area contributed by atoms with Crippen molar-refractivity contribution in [2.45, 2.75) is 32.0 Å². The van der Waals surface area contributed by atoms with Crippen LogP contribution < -0.4 is 0 Å². The first-order valence-corrected chi connectivity index (χ1v) is 7.09. The molecule has 2 atom stereocenters. The van der Waals surface area contributed by atoms with Crippen molar-refractivity contribution in [3.8, 4) is 0 Å². The molecule has 102 valence electrons. The Morgan fingerprint density at radius 3 is 2.39 bits per heavy atom. The maximum atomic E-state index is 10.1. The first-order valence-electron chi connectivity index (χ1n) is 6.29. The van der Waals surface area contributed by atoms with Gasteiger partial charge in [0.15, 0.2) is 0 Å². The molecular weight excluding hydrogens is 294 g/mol. The molecular formula is C14H22BrNO2. The number of hydrogen-bond donors (Lipinski definition) is 2. The van der Waals surface area contributed by atoms with E-state index in [1.165, 1.54) is 0 Å². The van der Waals surface area contributed by atoms with Gasteiger partial charge in [0.2, 0.25) is 0 Å². The predicted octanol–water partition coefficient (Wildman–Crippen LogP) is 2.58. The zero-order valence-corrected chi connectivity index (χ0v) is 12.6. The van der Waals surface area contributed by atoms with Crippen LogP contribution in [0.3, 0.4) is 0 Å². The summed E-state index contributed by atoms with van der Waals surface area (Å²) < 4.78 is 0.948. The van der Waals surface area contributed by atoms with Gasteiger partial charge in [-0.1, -0.05) is 34.1 Å². The van der Waals surface area contributed by atoms with Crippen LogP contribution in [0.1, 0.15) is 31.4 Å². The van der Waals surface area contributed by atoms with Crippen molar-refractivity contribution >= 4 is 15.9 Å². The Labute approximate surface area is 118 Å². The fourth-order valence-electron chi connectivity index (χ4n) is 1.76.